The molecule has 1 aliphatic carbocycles. The van der Waals surface area contributed by atoms with Crippen molar-refractivity contribution in [2.45, 2.75) is 19.3 Å². The molecule has 0 bridgehead atoms. The van der Waals surface area contributed by atoms with Gasteiger partial charge in [-0.05, 0) is 104 Å². The van der Waals surface area contributed by atoms with E-state index in [1.54, 1.807) is 0 Å². The molecule has 0 aliphatic heterocycles. The molecular formula is C63H46N2. The van der Waals surface area contributed by atoms with Crippen LogP contribution in [-0.4, -0.2) is 4.57 Å². The van der Waals surface area contributed by atoms with E-state index in [2.05, 4.69) is 266 Å². The topological polar surface area (TPSA) is 8.17 Å². The van der Waals surface area contributed by atoms with Crippen molar-refractivity contribution >= 4 is 38.9 Å². The molecule has 0 unspecified atom stereocenters. The Kier molecular flexibility index (Phi) is 9.21. The molecule has 1 heterocycles. The minimum atomic E-state index is -0.101. The number of hydrogen-bond donors (Lipinski definition) is 0. The molecule has 10 aromatic carbocycles. The summed E-state index contributed by atoms with van der Waals surface area (Å²) >= 11 is 0. The van der Waals surface area contributed by atoms with Crippen molar-refractivity contribution in [3.05, 3.63) is 254 Å². The van der Waals surface area contributed by atoms with Gasteiger partial charge in [0, 0.05) is 44.4 Å². The summed E-state index contributed by atoms with van der Waals surface area (Å²) in [5, 5.41) is 2.51. The highest BCUT2D eigenvalue weighted by Gasteiger charge is 2.35. The SMILES string of the molecule is CC1(C)c2ccccc2-c2ccc(N(c3ccc(-c4ccccc4)cc3)c3ccc(-c4ccc(-c5ccccc5-n5c6ccccc6c6cccc(-c7ccccc7)c65)cc4)cc3)cc21. The molecule has 11 aromatic rings. The Bertz CT molecular complexity index is 3520. The van der Waals surface area contributed by atoms with E-state index in [1.165, 1.54) is 88.6 Å². The molecule has 308 valence electrons. The minimum absolute atomic E-state index is 0.101. The maximum absolute atomic E-state index is 2.47. The Balaban J connectivity index is 0.910. The number of fused-ring (bicyclic) bond motifs is 6. The Morgan fingerprint density at radius 1 is 0.323 bits per heavy atom. The van der Waals surface area contributed by atoms with Crippen LogP contribution in [0.15, 0.2) is 243 Å². The molecule has 12 rings (SSSR count). The summed E-state index contributed by atoms with van der Waals surface area (Å²) in [5.41, 5.74) is 21.8. The number of anilines is 3. The van der Waals surface area contributed by atoms with Crippen LogP contribution in [0, 0.1) is 0 Å². The quantitative estimate of drug-likeness (QED) is 0.148. The standard InChI is InChI=1S/C63H46N2/c1-63(2)58-25-12-9-21-54(58)55-41-40-51(42-59(55)63)64(49-36-32-45(33-37-49)43-16-5-3-6-17-43)50-38-34-46(35-39-50)44-28-30-48(31-29-44)52-20-10-13-26-60(52)65-61-27-14-11-22-56(61)57-24-15-23-53(62(57)65)47-18-7-4-8-19-47/h3-42H,1-2H3. The van der Waals surface area contributed by atoms with Crippen molar-refractivity contribution < 1.29 is 0 Å². The van der Waals surface area contributed by atoms with Gasteiger partial charge < -0.3 is 9.47 Å². The molecule has 2 heteroatoms. The Morgan fingerprint density at radius 2 is 0.785 bits per heavy atom. The fourth-order valence-electron chi connectivity index (χ4n) is 10.4. The van der Waals surface area contributed by atoms with Gasteiger partial charge in [0.25, 0.3) is 0 Å². The van der Waals surface area contributed by atoms with Crippen molar-refractivity contribution in [3.8, 4) is 61.3 Å². The maximum atomic E-state index is 2.47. The summed E-state index contributed by atoms with van der Waals surface area (Å²) in [6, 6.07) is 88.7. The van der Waals surface area contributed by atoms with Crippen molar-refractivity contribution in [1.29, 1.82) is 0 Å². The molecule has 1 aromatic heterocycles. The van der Waals surface area contributed by atoms with E-state index in [4.69, 9.17) is 0 Å². The fourth-order valence-corrected chi connectivity index (χ4v) is 10.4. The third-order valence-corrected chi connectivity index (χ3v) is 13.6. The second-order valence-corrected chi connectivity index (χ2v) is 17.7. The summed E-state index contributed by atoms with van der Waals surface area (Å²) in [7, 11) is 0. The summed E-state index contributed by atoms with van der Waals surface area (Å²) < 4.78 is 2.47. The van der Waals surface area contributed by atoms with Gasteiger partial charge >= 0.3 is 0 Å². The predicted octanol–water partition coefficient (Wildman–Crippen LogP) is 17.2. The first kappa shape index (κ1) is 38.5. The molecule has 0 saturated carbocycles. The van der Waals surface area contributed by atoms with E-state index in [9.17, 15) is 0 Å². The summed E-state index contributed by atoms with van der Waals surface area (Å²) in [6.07, 6.45) is 0. The van der Waals surface area contributed by atoms with Crippen LogP contribution in [-0.2, 0) is 5.41 Å². The Morgan fingerprint density at radius 3 is 1.48 bits per heavy atom. The van der Waals surface area contributed by atoms with Crippen LogP contribution >= 0.6 is 0 Å². The molecule has 0 radical (unpaired) electrons. The second-order valence-electron chi connectivity index (χ2n) is 17.7. The van der Waals surface area contributed by atoms with Gasteiger partial charge in [-0.3, -0.25) is 0 Å². The maximum Gasteiger partial charge on any atom is 0.0619 e. The highest BCUT2D eigenvalue weighted by atomic mass is 15.1. The van der Waals surface area contributed by atoms with Crippen LogP contribution in [0.1, 0.15) is 25.0 Å². The van der Waals surface area contributed by atoms with E-state index in [-0.39, 0.29) is 5.41 Å². The van der Waals surface area contributed by atoms with Crippen molar-refractivity contribution in [2.75, 3.05) is 4.90 Å². The van der Waals surface area contributed by atoms with Gasteiger partial charge in [0.1, 0.15) is 0 Å². The lowest BCUT2D eigenvalue weighted by Crippen LogP contribution is -2.16. The minimum Gasteiger partial charge on any atom is -0.310 e. The predicted molar refractivity (Wildman–Crippen MR) is 275 cm³/mol. The lowest BCUT2D eigenvalue weighted by atomic mass is 9.82. The van der Waals surface area contributed by atoms with Crippen LogP contribution in [0.3, 0.4) is 0 Å². The molecule has 65 heavy (non-hydrogen) atoms. The van der Waals surface area contributed by atoms with Gasteiger partial charge in [-0.1, -0.05) is 208 Å². The molecule has 0 amide bonds. The van der Waals surface area contributed by atoms with E-state index in [1.807, 2.05) is 0 Å². The highest BCUT2D eigenvalue weighted by molar-refractivity contribution is 6.14. The first-order valence-corrected chi connectivity index (χ1v) is 22.6. The van der Waals surface area contributed by atoms with E-state index < -0.39 is 0 Å². The lowest BCUT2D eigenvalue weighted by molar-refractivity contribution is 0.660. The third-order valence-electron chi connectivity index (χ3n) is 13.6. The number of benzene rings is 10. The first-order chi connectivity index (χ1) is 32.0. The van der Waals surface area contributed by atoms with Crippen LogP contribution in [0.5, 0.6) is 0 Å². The average molecular weight is 831 g/mol. The zero-order valence-electron chi connectivity index (χ0n) is 36.5. The van der Waals surface area contributed by atoms with Gasteiger partial charge in [-0.25, -0.2) is 0 Å². The molecule has 0 saturated heterocycles. The normalized spacial score (nSPS) is 12.6. The van der Waals surface area contributed by atoms with Crippen LogP contribution in [0.2, 0.25) is 0 Å². The molecule has 0 fully saturated rings. The molecular weight excluding hydrogens is 785 g/mol. The van der Waals surface area contributed by atoms with Crippen LogP contribution in [0.25, 0.3) is 83.1 Å². The number of hydrogen-bond acceptors (Lipinski definition) is 1. The van der Waals surface area contributed by atoms with Gasteiger partial charge in [-0.2, -0.15) is 0 Å². The van der Waals surface area contributed by atoms with Gasteiger partial charge in [0.15, 0.2) is 0 Å². The zero-order chi connectivity index (χ0) is 43.5. The van der Waals surface area contributed by atoms with E-state index in [0.29, 0.717) is 0 Å². The number of rotatable bonds is 8. The molecule has 1 aliphatic rings. The number of aromatic nitrogens is 1. The molecule has 0 N–H and O–H groups in total. The van der Waals surface area contributed by atoms with Crippen molar-refractivity contribution in [3.63, 3.8) is 0 Å². The first-order valence-electron chi connectivity index (χ1n) is 22.6. The average Bonchev–Trinajstić information content (AvgIpc) is 3.83. The second kappa shape index (κ2) is 15.6. The number of para-hydroxylation sites is 3. The monoisotopic (exact) mass is 830 g/mol. The lowest BCUT2D eigenvalue weighted by Gasteiger charge is -2.28. The summed E-state index contributed by atoms with van der Waals surface area (Å²) in [6.45, 7) is 4.71. The number of nitrogens with zero attached hydrogens (tertiary/aromatic N) is 2. The Labute approximate surface area is 381 Å². The van der Waals surface area contributed by atoms with Crippen molar-refractivity contribution in [1.82, 2.24) is 4.57 Å². The summed E-state index contributed by atoms with van der Waals surface area (Å²) in [5.74, 6) is 0. The van der Waals surface area contributed by atoms with Gasteiger partial charge in [0.05, 0.1) is 16.7 Å². The Hall–Kier alpha value is -8.20. The molecule has 0 spiro atoms. The van der Waals surface area contributed by atoms with Crippen LogP contribution < -0.4 is 4.90 Å². The van der Waals surface area contributed by atoms with Crippen molar-refractivity contribution in [2.24, 2.45) is 0 Å². The zero-order valence-corrected chi connectivity index (χ0v) is 36.5. The highest BCUT2D eigenvalue weighted by Crippen LogP contribution is 2.51. The summed E-state index contributed by atoms with van der Waals surface area (Å²) in [4.78, 5) is 2.40. The van der Waals surface area contributed by atoms with Gasteiger partial charge in [-0.15, -0.1) is 0 Å². The smallest absolute Gasteiger partial charge is 0.0619 e. The third kappa shape index (κ3) is 6.49. The largest absolute Gasteiger partial charge is 0.310 e. The van der Waals surface area contributed by atoms with Gasteiger partial charge in [0.2, 0.25) is 0 Å². The molecule has 2 nitrogen and oxygen atoms in total. The van der Waals surface area contributed by atoms with E-state index >= 15 is 0 Å². The van der Waals surface area contributed by atoms with E-state index in [0.717, 1.165) is 22.7 Å². The molecule has 0 atom stereocenters. The van der Waals surface area contributed by atoms with Crippen LogP contribution in [0.4, 0.5) is 17.1 Å². The fraction of sp³-hybridized carbons (Fsp3) is 0.0476.